The van der Waals surface area contributed by atoms with Gasteiger partial charge >= 0.3 is 11.9 Å². The smallest absolute Gasteiger partial charge is 0.337 e. The van der Waals surface area contributed by atoms with Gasteiger partial charge in [-0.1, -0.05) is 17.7 Å². The highest BCUT2D eigenvalue weighted by molar-refractivity contribution is 6.33. The lowest BCUT2D eigenvalue weighted by atomic mass is 10.2. The molecule has 0 aliphatic carbocycles. The van der Waals surface area contributed by atoms with Gasteiger partial charge in [0.2, 0.25) is 0 Å². The summed E-state index contributed by atoms with van der Waals surface area (Å²) < 4.78 is 6.71. The molecular formula is C22H19ClN2O4. The van der Waals surface area contributed by atoms with Crippen molar-refractivity contribution in [2.75, 3.05) is 7.11 Å². The lowest BCUT2D eigenvalue weighted by Crippen LogP contribution is -2.02. The number of aromatic nitrogens is 1. The van der Waals surface area contributed by atoms with E-state index >= 15 is 0 Å². The first-order valence-electron chi connectivity index (χ1n) is 8.76. The van der Waals surface area contributed by atoms with Crippen molar-refractivity contribution in [3.05, 3.63) is 81.6 Å². The van der Waals surface area contributed by atoms with Crippen LogP contribution in [-0.2, 0) is 4.74 Å². The summed E-state index contributed by atoms with van der Waals surface area (Å²) in [5, 5.41) is 9.33. The van der Waals surface area contributed by atoms with E-state index in [1.54, 1.807) is 42.6 Å². The van der Waals surface area contributed by atoms with E-state index < -0.39 is 11.9 Å². The SMILES string of the molecule is COC(=O)c1cccc(N=Cc2cc(C)n(-c3ccc(C(=O)O)c(Cl)c3)c2C)c1. The molecule has 0 unspecified atom stereocenters. The topological polar surface area (TPSA) is 80.9 Å². The van der Waals surface area contributed by atoms with Crippen LogP contribution in [0.25, 0.3) is 5.69 Å². The van der Waals surface area contributed by atoms with Gasteiger partial charge in [0.1, 0.15) is 0 Å². The van der Waals surface area contributed by atoms with Crippen LogP contribution >= 0.6 is 11.6 Å². The Morgan fingerprint density at radius 1 is 1.14 bits per heavy atom. The summed E-state index contributed by atoms with van der Waals surface area (Å²) >= 11 is 6.12. The average molecular weight is 411 g/mol. The molecule has 0 amide bonds. The van der Waals surface area contributed by atoms with Gasteiger partial charge in [0.25, 0.3) is 0 Å². The third-order valence-electron chi connectivity index (χ3n) is 4.53. The highest BCUT2D eigenvalue weighted by Crippen LogP contribution is 2.25. The van der Waals surface area contributed by atoms with Crippen LogP contribution in [0.1, 0.15) is 37.7 Å². The first-order valence-corrected chi connectivity index (χ1v) is 9.14. The van der Waals surface area contributed by atoms with Crippen LogP contribution in [0.5, 0.6) is 0 Å². The predicted molar refractivity (Wildman–Crippen MR) is 112 cm³/mol. The molecule has 2 aromatic carbocycles. The maximum atomic E-state index is 11.7. The summed E-state index contributed by atoms with van der Waals surface area (Å²) in [5.41, 5.74) is 4.66. The average Bonchev–Trinajstić information content (AvgIpc) is 2.98. The number of carbonyl (C=O) groups is 2. The highest BCUT2D eigenvalue weighted by atomic mass is 35.5. The molecule has 0 saturated heterocycles. The molecule has 0 aliphatic heterocycles. The minimum Gasteiger partial charge on any atom is -0.478 e. The fraction of sp³-hybridized carbons (Fsp3) is 0.136. The number of hydrogen-bond donors (Lipinski definition) is 1. The Morgan fingerprint density at radius 2 is 1.90 bits per heavy atom. The zero-order valence-electron chi connectivity index (χ0n) is 16.1. The molecule has 1 heterocycles. The van der Waals surface area contributed by atoms with E-state index in [1.165, 1.54) is 13.2 Å². The van der Waals surface area contributed by atoms with E-state index in [-0.39, 0.29) is 10.6 Å². The molecule has 0 atom stereocenters. The Bertz CT molecular complexity index is 1130. The number of aliphatic imine (C=N–C) groups is 1. The normalized spacial score (nSPS) is 11.0. The Morgan fingerprint density at radius 3 is 2.55 bits per heavy atom. The molecule has 0 saturated carbocycles. The highest BCUT2D eigenvalue weighted by Gasteiger charge is 2.13. The Balaban J connectivity index is 1.94. The molecule has 0 bridgehead atoms. The van der Waals surface area contributed by atoms with Crippen LogP contribution in [0.15, 0.2) is 53.5 Å². The monoisotopic (exact) mass is 410 g/mol. The predicted octanol–water partition coefficient (Wildman–Crippen LogP) is 4.98. The Labute approximate surface area is 173 Å². The number of methoxy groups -OCH3 is 1. The molecule has 0 fully saturated rings. The molecule has 1 N–H and O–H groups in total. The van der Waals surface area contributed by atoms with Gasteiger partial charge in [-0.15, -0.1) is 0 Å². The first kappa shape index (κ1) is 20.4. The molecule has 0 aliphatic rings. The minimum atomic E-state index is -1.07. The molecular weight excluding hydrogens is 392 g/mol. The molecule has 3 aromatic rings. The summed E-state index contributed by atoms with van der Waals surface area (Å²) in [7, 11) is 1.34. The zero-order valence-corrected chi connectivity index (χ0v) is 16.9. The summed E-state index contributed by atoms with van der Waals surface area (Å²) in [4.78, 5) is 27.3. The summed E-state index contributed by atoms with van der Waals surface area (Å²) in [5.74, 6) is -1.48. The van der Waals surface area contributed by atoms with Crippen molar-refractivity contribution < 1.29 is 19.4 Å². The van der Waals surface area contributed by atoms with E-state index in [4.69, 9.17) is 21.4 Å². The number of rotatable bonds is 5. The zero-order chi connectivity index (χ0) is 21.1. The van der Waals surface area contributed by atoms with Crippen molar-refractivity contribution in [3.63, 3.8) is 0 Å². The summed E-state index contributed by atoms with van der Waals surface area (Å²) in [6.07, 6.45) is 1.72. The molecule has 0 radical (unpaired) electrons. The summed E-state index contributed by atoms with van der Waals surface area (Å²) in [6, 6.07) is 13.7. The maximum absolute atomic E-state index is 11.7. The Kier molecular flexibility index (Phi) is 5.84. The van der Waals surface area contributed by atoms with Gasteiger partial charge in [0.05, 0.1) is 28.9 Å². The van der Waals surface area contributed by atoms with Gasteiger partial charge in [-0.2, -0.15) is 0 Å². The van der Waals surface area contributed by atoms with Crippen molar-refractivity contribution in [1.82, 2.24) is 4.57 Å². The largest absolute Gasteiger partial charge is 0.478 e. The second kappa shape index (κ2) is 8.32. The first-order chi connectivity index (χ1) is 13.8. The van der Waals surface area contributed by atoms with Gasteiger partial charge in [-0.3, -0.25) is 4.99 Å². The van der Waals surface area contributed by atoms with E-state index in [9.17, 15) is 9.59 Å². The lowest BCUT2D eigenvalue weighted by molar-refractivity contribution is 0.0600. The molecule has 6 nitrogen and oxygen atoms in total. The van der Waals surface area contributed by atoms with Gasteiger partial charge in [0.15, 0.2) is 0 Å². The van der Waals surface area contributed by atoms with E-state index in [2.05, 4.69) is 4.99 Å². The van der Waals surface area contributed by atoms with E-state index in [0.717, 1.165) is 22.6 Å². The van der Waals surface area contributed by atoms with E-state index in [0.29, 0.717) is 11.3 Å². The van der Waals surface area contributed by atoms with Crippen LogP contribution < -0.4 is 0 Å². The third-order valence-corrected chi connectivity index (χ3v) is 4.84. The number of hydrogen-bond acceptors (Lipinski definition) is 4. The van der Waals surface area contributed by atoms with Gasteiger partial charge < -0.3 is 14.4 Å². The number of ether oxygens (including phenoxy) is 1. The van der Waals surface area contributed by atoms with Crippen molar-refractivity contribution in [2.24, 2.45) is 4.99 Å². The van der Waals surface area contributed by atoms with Crippen molar-refractivity contribution in [3.8, 4) is 5.69 Å². The molecule has 1 aromatic heterocycles. The molecule has 3 rings (SSSR count). The molecule has 0 spiro atoms. The lowest BCUT2D eigenvalue weighted by Gasteiger charge is -2.11. The minimum absolute atomic E-state index is 0.0603. The number of esters is 1. The second-order valence-electron chi connectivity index (χ2n) is 6.43. The van der Waals surface area contributed by atoms with Gasteiger partial charge in [-0.05, 0) is 56.3 Å². The van der Waals surface area contributed by atoms with Gasteiger partial charge in [-0.25, -0.2) is 9.59 Å². The van der Waals surface area contributed by atoms with Gasteiger partial charge in [0, 0.05) is 28.9 Å². The molecule has 29 heavy (non-hydrogen) atoms. The van der Waals surface area contributed by atoms with Crippen molar-refractivity contribution in [1.29, 1.82) is 0 Å². The van der Waals surface area contributed by atoms with E-state index in [1.807, 2.05) is 24.5 Å². The maximum Gasteiger partial charge on any atom is 0.337 e. The van der Waals surface area contributed by atoms with Crippen LogP contribution in [0.2, 0.25) is 5.02 Å². The number of benzene rings is 2. The van der Waals surface area contributed by atoms with Crippen LogP contribution in [0.3, 0.4) is 0 Å². The van der Waals surface area contributed by atoms with Crippen LogP contribution in [0.4, 0.5) is 5.69 Å². The quantitative estimate of drug-likeness (QED) is 0.475. The molecule has 7 heteroatoms. The van der Waals surface area contributed by atoms with Crippen LogP contribution in [-0.4, -0.2) is 34.9 Å². The van der Waals surface area contributed by atoms with Crippen LogP contribution in [0, 0.1) is 13.8 Å². The van der Waals surface area contributed by atoms with Crippen molar-refractivity contribution >= 4 is 35.4 Å². The number of carboxylic acids is 1. The number of aryl methyl sites for hydroxylation is 1. The fourth-order valence-electron chi connectivity index (χ4n) is 3.11. The number of nitrogens with zero attached hydrogens (tertiary/aromatic N) is 2. The van der Waals surface area contributed by atoms with Crippen molar-refractivity contribution in [2.45, 2.75) is 13.8 Å². The second-order valence-corrected chi connectivity index (χ2v) is 6.84. The Hall–Kier alpha value is -3.38. The number of halogens is 1. The molecule has 148 valence electrons. The third kappa shape index (κ3) is 4.22. The summed E-state index contributed by atoms with van der Waals surface area (Å²) in [6.45, 7) is 3.89. The number of carbonyl (C=O) groups excluding carboxylic acids is 1. The number of aromatic carboxylic acids is 1. The standard InChI is InChI=1S/C22H19ClN2O4/c1-13-9-16(12-24-17-6-4-5-15(10-17)22(28)29-3)14(2)25(13)18-7-8-19(21(26)27)20(23)11-18/h4-12H,1-3H3,(H,26,27). The number of carboxylic acid groups (broad SMARTS) is 1. The fourth-order valence-corrected chi connectivity index (χ4v) is 3.36.